The van der Waals surface area contributed by atoms with Gasteiger partial charge in [-0.25, -0.2) is 8.42 Å². The Morgan fingerprint density at radius 2 is 1.67 bits per heavy atom. The van der Waals surface area contributed by atoms with E-state index < -0.39 is 10.0 Å². The van der Waals surface area contributed by atoms with Crippen molar-refractivity contribution < 1.29 is 8.42 Å². The summed E-state index contributed by atoms with van der Waals surface area (Å²) in [6.45, 7) is 1.94. The summed E-state index contributed by atoms with van der Waals surface area (Å²) in [5, 5.41) is 0. The van der Waals surface area contributed by atoms with E-state index in [4.69, 9.17) is 11.6 Å². The summed E-state index contributed by atoms with van der Waals surface area (Å²) in [5.74, 6) is 0. The number of hydrogen-bond acceptors (Lipinski definition) is 2. The minimum absolute atomic E-state index is 0.114. The van der Waals surface area contributed by atoms with Crippen LogP contribution in [-0.4, -0.2) is 30.2 Å². The lowest BCUT2D eigenvalue weighted by Gasteiger charge is -2.69. The van der Waals surface area contributed by atoms with Crippen LogP contribution in [0.25, 0.3) is 0 Å². The second-order valence-corrected chi connectivity index (χ2v) is 8.46. The lowest BCUT2D eigenvalue weighted by molar-refractivity contribution is -0.0722. The van der Waals surface area contributed by atoms with Crippen molar-refractivity contribution in [1.29, 1.82) is 0 Å². The van der Waals surface area contributed by atoms with Gasteiger partial charge in [-0.15, -0.1) is 11.6 Å². The van der Waals surface area contributed by atoms with Gasteiger partial charge in [-0.2, -0.15) is 4.31 Å². The number of rotatable bonds is 3. The normalized spacial score (nSPS) is 34.0. The molecule has 0 aliphatic heterocycles. The summed E-state index contributed by atoms with van der Waals surface area (Å²) in [4.78, 5) is 0.251. The van der Waals surface area contributed by atoms with Gasteiger partial charge in [0.25, 0.3) is 0 Å². The fraction of sp³-hybridized carbons (Fsp3) is 0.538. The smallest absolute Gasteiger partial charge is 0.207 e. The molecule has 1 aromatic carbocycles. The van der Waals surface area contributed by atoms with E-state index in [1.807, 2.05) is 19.1 Å². The van der Waals surface area contributed by atoms with Gasteiger partial charge in [-0.3, -0.25) is 0 Å². The first kappa shape index (κ1) is 12.5. The average molecular weight is 286 g/mol. The standard InChI is InChI=1S/C13H16ClNO2S/c1-10-3-5-11(6-4-10)18(16,17)15(2)13-7-12(14,8-13)9-13/h3-6H,7-9H2,1-2H3. The summed E-state index contributed by atoms with van der Waals surface area (Å²) < 4.78 is 26.5. The first-order valence-corrected chi connectivity index (χ1v) is 7.84. The van der Waals surface area contributed by atoms with E-state index in [1.54, 1.807) is 19.2 Å². The van der Waals surface area contributed by atoms with Gasteiger partial charge in [-0.05, 0) is 38.3 Å². The van der Waals surface area contributed by atoms with Gasteiger partial charge < -0.3 is 0 Å². The molecule has 3 nitrogen and oxygen atoms in total. The molecule has 18 heavy (non-hydrogen) atoms. The van der Waals surface area contributed by atoms with Gasteiger partial charge in [0.15, 0.2) is 0 Å². The predicted molar refractivity (Wildman–Crippen MR) is 71.3 cm³/mol. The molecule has 3 fully saturated rings. The number of sulfonamides is 1. The van der Waals surface area contributed by atoms with E-state index in [9.17, 15) is 8.42 Å². The Balaban J connectivity index is 1.89. The molecule has 5 heteroatoms. The van der Waals surface area contributed by atoms with Crippen molar-refractivity contribution in [3.8, 4) is 0 Å². The van der Waals surface area contributed by atoms with E-state index in [0.717, 1.165) is 24.8 Å². The second kappa shape index (κ2) is 3.50. The van der Waals surface area contributed by atoms with E-state index in [1.165, 1.54) is 4.31 Å². The highest BCUT2D eigenvalue weighted by Crippen LogP contribution is 2.67. The van der Waals surface area contributed by atoms with Gasteiger partial charge in [-0.1, -0.05) is 17.7 Å². The third-order valence-corrected chi connectivity index (χ3v) is 6.66. The fourth-order valence-corrected chi connectivity index (χ4v) is 5.32. The fourth-order valence-electron chi connectivity index (χ4n) is 3.07. The van der Waals surface area contributed by atoms with Crippen LogP contribution in [0.15, 0.2) is 29.2 Å². The molecule has 3 aliphatic rings. The Hall–Kier alpha value is -0.580. The maximum atomic E-state index is 12.5. The zero-order chi connectivity index (χ0) is 13.2. The van der Waals surface area contributed by atoms with Crippen LogP contribution in [0.3, 0.4) is 0 Å². The molecular formula is C13H16ClNO2S. The molecule has 0 N–H and O–H groups in total. The molecule has 0 unspecified atom stereocenters. The molecule has 4 rings (SSSR count). The zero-order valence-corrected chi connectivity index (χ0v) is 12.1. The highest BCUT2D eigenvalue weighted by atomic mass is 35.5. The van der Waals surface area contributed by atoms with Crippen LogP contribution in [-0.2, 0) is 10.0 Å². The van der Waals surface area contributed by atoms with E-state index in [2.05, 4.69) is 0 Å². The molecule has 0 amide bonds. The number of benzene rings is 1. The van der Waals surface area contributed by atoms with E-state index >= 15 is 0 Å². The van der Waals surface area contributed by atoms with Crippen molar-refractivity contribution in [1.82, 2.24) is 4.31 Å². The molecule has 0 radical (unpaired) electrons. The summed E-state index contributed by atoms with van der Waals surface area (Å²) in [6, 6.07) is 6.99. The van der Waals surface area contributed by atoms with Crippen molar-refractivity contribution in [2.45, 2.75) is 41.5 Å². The van der Waals surface area contributed by atoms with Gasteiger partial charge in [0.05, 0.1) is 9.77 Å². The van der Waals surface area contributed by atoms with Crippen LogP contribution in [0.1, 0.15) is 24.8 Å². The lowest BCUT2D eigenvalue weighted by atomic mass is 9.49. The van der Waals surface area contributed by atoms with Crippen LogP contribution < -0.4 is 0 Å². The first-order chi connectivity index (χ1) is 8.28. The van der Waals surface area contributed by atoms with Crippen LogP contribution in [0.5, 0.6) is 0 Å². The average Bonchev–Trinajstić information content (AvgIpc) is 2.23. The zero-order valence-electron chi connectivity index (χ0n) is 10.5. The topological polar surface area (TPSA) is 37.4 Å². The summed E-state index contributed by atoms with van der Waals surface area (Å²) in [7, 11) is -1.72. The van der Waals surface area contributed by atoms with Crippen LogP contribution >= 0.6 is 11.6 Å². The number of alkyl halides is 1. The van der Waals surface area contributed by atoms with E-state index in [0.29, 0.717) is 4.90 Å². The highest BCUT2D eigenvalue weighted by molar-refractivity contribution is 7.89. The second-order valence-electron chi connectivity index (χ2n) is 5.69. The maximum absolute atomic E-state index is 12.5. The molecule has 0 aromatic heterocycles. The molecule has 0 atom stereocenters. The summed E-state index contributed by atoms with van der Waals surface area (Å²) in [6.07, 6.45) is 2.34. The van der Waals surface area contributed by atoms with Gasteiger partial charge in [0, 0.05) is 12.6 Å². The molecular weight excluding hydrogens is 270 g/mol. The monoisotopic (exact) mass is 285 g/mol. The lowest BCUT2D eigenvalue weighted by Crippen LogP contribution is -2.76. The molecule has 1 aromatic rings. The third kappa shape index (κ3) is 1.55. The molecule has 0 heterocycles. The Morgan fingerprint density at radius 1 is 1.17 bits per heavy atom. The van der Waals surface area contributed by atoms with Gasteiger partial charge >= 0.3 is 0 Å². The van der Waals surface area contributed by atoms with Crippen molar-refractivity contribution >= 4 is 21.6 Å². The van der Waals surface area contributed by atoms with E-state index in [-0.39, 0.29) is 10.4 Å². The van der Waals surface area contributed by atoms with Crippen molar-refractivity contribution in [3.63, 3.8) is 0 Å². The first-order valence-electron chi connectivity index (χ1n) is 6.02. The van der Waals surface area contributed by atoms with Crippen LogP contribution in [0.4, 0.5) is 0 Å². The van der Waals surface area contributed by atoms with Gasteiger partial charge in [0.1, 0.15) is 0 Å². The predicted octanol–water partition coefficient (Wildman–Crippen LogP) is 2.53. The molecule has 98 valence electrons. The largest absolute Gasteiger partial charge is 0.243 e. The number of halogens is 1. The van der Waals surface area contributed by atoms with Crippen LogP contribution in [0.2, 0.25) is 0 Å². The SMILES string of the molecule is Cc1ccc(S(=O)(=O)N(C)C23CC(Cl)(C2)C3)cc1. The molecule has 3 aliphatic carbocycles. The Kier molecular flexibility index (Phi) is 2.42. The van der Waals surface area contributed by atoms with Gasteiger partial charge in [0.2, 0.25) is 10.0 Å². The Bertz CT molecular complexity index is 574. The molecule has 3 saturated carbocycles. The molecule has 2 bridgehead atoms. The number of nitrogens with zero attached hydrogens (tertiary/aromatic N) is 1. The summed E-state index contributed by atoms with van der Waals surface area (Å²) >= 11 is 6.20. The summed E-state index contributed by atoms with van der Waals surface area (Å²) in [5.41, 5.74) is 0.840. The van der Waals surface area contributed by atoms with Crippen molar-refractivity contribution in [2.24, 2.45) is 0 Å². The minimum atomic E-state index is -3.39. The Labute approximate surface area is 113 Å². The molecule has 0 spiro atoms. The number of aryl methyl sites for hydroxylation is 1. The van der Waals surface area contributed by atoms with Crippen molar-refractivity contribution in [3.05, 3.63) is 29.8 Å². The van der Waals surface area contributed by atoms with Crippen molar-refractivity contribution in [2.75, 3.05) is 7.05 Å². The number of hydrogen-bond donors (Lipinski definition) is 0. The third-order valence-electron chi connectivity index (χ3n) is 4.28. The van der Waals surface area contributed by atoms with Crippen LogP contribution in [0, 0.1) is 6.92 Å². The minimum Gasteiger partial charge on any atom is -0.207 e. The quantitative estimate of drug-likeness (QED) is 0.801. The maximum Gasteiger partial charge on any atom is 0.243 e. The highest BCUT2D eigenvalue weighted by Gasteiger charge is 2.70. The Morgan fingerprint density at radius 3 is 2.11 bits per heavy atom. The molecule has 0 saturated heterocycles.